The summed E-state index contributed by atoms with van der Waals surface area (Å²) in [5, 5.41) is 15.1. The average molecular weight is 545 g/mol. The lowest BCUT2D eigenvalue weighted by molar-refractivity contribution is -0.116. The minimum atomic E-state index is -1.06. The zero-order valence-electron chi connectivity index (χ0n) is 20.5. The Morgan fingerprint density at radius 2 is 1.55 bits per heavy atom. The SMILES string of the molecule is Cc1ccc(C(=O)O)cc1NC(=O)C(Sc1ccc(NC(=O)Cc2ccc(Cl)cc2)cc1)c1ccccc1. The third-order valence-electron chi connectivity index (χ3n) is 5.75. The van der Waals surface area contributed by atoms with Crippen LogP contribution >= 0.6 is 23.4 Å². The topological polar surface area (TPSA) is 95.5 Å². The molecule has 0 radical (unpaired) electrons. The second kappa shape index (κ2) is 12.4. The number of rotatable bonds is 9. The molecule has 192 valence electrons. The monoisotopic (exact) mass is 544 g/mol. The summed E-state index contributed by atoms with van der Waals surface area (Å²) in [5.74, 6) is -1.48. The van der Waals surface area contributed by atoms with Crippen LogP contribution in [0.15, 0.2) is 102 Å². The molecule has 0 bridgehead atoms. The molecule has 4 rings (SSSR count). The summed E-state index contributed by atoms with van der Waals surface area (Å²) in [4.78, 5) is 38.1. The lowest BCUT2D eigenvalue weighted by Gasteiger charge is -2.18. The van der Waals surface area contributed by atoms with Gasteiger partial charge in [-0.15, -0.1) is 11.8 Å². The summed E-state index contributed by atoms with van der Waals surface area (Å²) in [6, 6.07) is 28.4. The van der Waals surface area contributed by atoms with Gasteiger partial charge in [-0.25, -0.2) is 4.79 Å². The molecule has 0 saturated heterocycles. The Bertz CT molecular complexity index is 1440. The summed E-state index contributed by atoms with van der Waals surface area (Å²) < 4.78 is 0. The van der Waals surface area contributed by atoms with E-state index in [0.29, 0.717) is 16.4 Å². The first-order chi connectivity index (χ1) is 18.3. The molecule has 1 atom stereocenters. The molecule has 0 heterocycles. The number of carbonyl (C=O) groups excluding carboxylic acids is 2. The first-order valence-electron chi connectivity index (χ1n) is 11.8. The van der Waals surface area contributed by atoms with Gasteiger partial charge < -0.3 is 15.7 Å². The maximum absolute atomic E-state index is 13.4. The van der Waals surface area contributed by atoms with Crippen LogP contribution in [0.3, 0.4) is 0 Å². The number of halogens is 1. The minimum absolute atomic E-state index is 0.100. The van der Waals surface area contributed by atoms with Crippen LogP contribution in [0.2, 0.25) is 5.02 Å². The molecule has 0 saturated carbocycles. The van der Waals surface area contributed by atoms with Crippen LogP contribution in [0.5, 0.6) is 0 Å². The highest BCUT2D eigenvalue weighted by atomic mass is 35.5. The van der Waals surface area contributed by atoms with Crippen molar-refractivity contribution in [3.8, 4) is 0 Å². The van der Waals surface area contributed by atoms with Crippen molar-refractivity contribution in [2.45, 2.75) is 23.5 Å². The molecule has 3 N–H and O–H groups in total. The second-order valence-electron chi connectivity index (χ2n) is 8.61. The zero-order valence-corrected chi connectivity index (χ0v) is 22.1. The Kier molecular flexibility index (Phi) is 8.84. The highest BCUT2D eigenvalue weighted by molar-refractivity contribution is 8.00. The predicted molar refractivity (Wildman–Crippen MR) is 152 cm³/mol. The highest BCUT2D eigenvalue weighted by Crippen LogP contribution is 2.37. The fourth-order valence-corrected chi connectivity index (χ4v) is 4.89. The number of amides is 2. The highest BCUT2D eigenvalue weighted by Gasteiger charge is 2.23. The molecule has 0 aromatic heterocycles. The normalized spacial score (nSPS) is 11.4. The number of aromatic carboxylic acids is 1. The molecule has 0 aliphatic heterocycles. The van der Waals surface area contributed by atoms with Crippen LogP contribution in [0.25, 0.3) is 0 Å². The molecular formula is C30H25ClN2O4S. The molecule has 0 spiro atoms. The Hall–Kier alpha value is -4.07. The fraction of sp³-hybridized carbons (Fsp3) is 0.100. The molecule has 38 heavy (non-hydrogen) atoms. The largest absolute Gasteiger partial charge is 0.478 e. The van der Waals surface area contributed by atoms with Crippen LogP contribution in [0.1, 0.15) is 32.3 Å². The van der Waals surface area contributed by atoms with Crippen molar-refractivity contribution in [2.75, 3.05) is 10.6 Å². The van der Waals surface area contributed by atoms with E-state index in [9.17, 15) is 19.5 Å². The Morgan fingerprint density at radius 1 is 0.868 bits per heavy atom. The molecule has 0 aliphatic rings. The summed E-state index contributed by atoms with van der Waals surface area (Å²) in [7, 11) is 0. The van der Waals surface area contributed by atoms with Gasteiger partial charge in [-0.2, -0.15) is 0 Å². The number of thioether (sulfide) groups is 1. The van der Waals surface area contributed by atoms with Gasteiger partial charge in [0.2, 0.25) is 11.8 Å². The lowest BCUT2D eigenvalue weighted by Crippen LogP contribution is -2.20. The van der Waals surface area contributed by atoms with E-state index in [-0.39, 0.29) is 23.8 Å². The molecule has 4 aromatic rings. The third-order valence-corrected chi connectivity index (χ3v) is 7.27. The van der Waals surface area contributed by atoms with Gasteiger partial charge in [0.25, 0.3) is 0 Å². The van der Waals surface area contributed by atoms with Gasteiger partial charge in [0, 0.05) is 21.3 Å². The van der Waals surface area contributed by atoms with Crippen molar-refractivity contribution < 1.29 is 19.5 Å². The van der Waals surface area contributed by atoms with E-state index in [4.69, 9.17) is 11.6 Å². The number of hydrogen-bond donors (Lipinski definition) is 3. The Balaban J connectivity index is 1.47. The number of nitrogens with one attached hydrogen (secondary N) is 2. The Morgan fingerprint density at radius 3 is 2.21 bits per heavy atom. The van der Waals surface area contributed by atoms with Crippen molar-refractivity contribution in [1.82, 2.24) is 0 Å². The smallest absolute Gasteiger partial charge is 0.335 e. The van der Waals surface area contributed by atoms with E-state index in [1.165, 1.54) is 23.9 Å². The fourth-order valence-electron chi connectivity index (χ4n) is 3.73. The van der Waals surface area contributed by atoms with E-state index >= 15 is 0 Å². The number of carboxylic acids is 1. The lowest BCUT2D eigenvalue weighted by atomic mass is 10.1. The van der Waals surface area contributed by atoms with Crippen LogP contribution in [-0.2, 0) is 16.0 Å². The first kappa shape index (κ1) is 27.0. The summed E-state index contributed by atoms with van der Waals surface area (Å²) in [5.41, 5.74) is 3.63. The first-order valence-corrected chi connectivity index (χ1v) is 13.0. The van der Waals surface area contributed by atoms with Crippen molar-refractivity contribution in [1.29, 1.82) is 0 Å². The number of carbonyl (C=O) groups is 3. The molecule has 8 heteroatoms. The number of carboxylic acid groups (broad SMARTS) is 1. The molecular weight excluding hydrogens is 520 g/mol. The maximum atomic E-state index is 13.4. The van der Waals surface area contributed by atoms with Gasteiger partial charge in [0.05, 0.1) is 12.0 Å². The van der Waals surface area contributed by atoms with Crippen molar-refractivity contribution >= 4 is 52.5 Å². The van der Waals surface area contributed by atoms with Gasteiger partial charge in [0.1, 0.15) is 5.25 Å². The van der Waals surface area contributed by atoms with Gasteiger partial charge in [-0.3, -0.25) is 9.59 Å². The number of aryl methyl sites for hydroxylation is 1. The molecule has 2 amide bonds. The van der Waals surface area contributed by atoms with E-state index in [0.717, 1.165) is 21.6 Å². The molecule has 6 nitrogen and oxygen atoms in total. The molecule has 1 unspecified atom stereocenters. The third kappa shape index (κ3) is 7.25. The molecule has 0 aliphatic carbocycles. The maximum Gasteiger partial charge on any atom is 0.335 e. The van der Waals surface area contributed by atoms with Crippen LogP contribution in [0, 0.1) is 6.92 Å². The van der Waals surface area contributed by atoms with Crippen molar-refractivity contribution in [3.05, 3.63) is 124 Å². The van der Waals surface area contributed by atoms with Crippen LogP contribution in [0.4, 0.5) is 11.4 Å². The standard InChI is InChI=1S/C30H25ClN2O4S/c1-19-7-10-22(30(36)37)18-26(19)33-29(35)28(21-5-3-2-4-6-21)38-25-15-13-24(14-16-25)32-27(34)17-20-8-11-23(31)12-9-20/h2-16,18,28H,17H2,1H3,(H,32,34)(H,33,35)(H,36,37). The summed E-state index contributed by atoms with van der Waals surface area (Å²) >= 11 is 7.27. The molecule has 0 fully saturated rings. The van der Waals surface area contributed by atoms with Gasteiger partial charge in [-0.05, 0) is 72.1 Å². The Labute approximate surface area is 230 Å². The van der Waals surface area contributed by atoms with Gasteiger partial charge in [-0.1, -0.05) is 60.1 Å². The quantitative estimate of drug-likeness (QED) is 0.197. The minimum Gasteiger partial charge on any atom is -0.478 e. The van der Waals surface area contributed by atoms with E-state index in [1.54, 1.807) is 30.3 Å². The van der Waals surface area contributed by atoms with Crippen molar-refractivity contribution in [2.24, 2.45) is 0 Å². The average Bonchev–Trinajstić information content (AvgIpc) is 2.91. The predicted octanol–water partition coefficient (Wildman–Crippen LogP) is 7.00. The van der Waals surface area contributed by atoms with Crippen LogP contribution in [-0.4, -0.2) is 22.9 Å². The zero-order chi connectivity index (χ0) is 27.1. The summed E-state index contributed by atoms with van der Waals surface area (Å²) in [6.45, 7) is 1.81. The number of hydrogen-bond acceptors (Lipinski definition) is 4. The van der Waals surface area contributed by atoms with E-state index in [1.807, 2.05) is 61.5 Å². The van der Waals surface area contributed by atoms with Gasteiger partial charge >= 0.3 is 5.97 Å². The number of anilines is 2. The van der Waals surface area contributed by atoms with Crippen molar-refractivity contribution in [3.63, 3.8) is 0 Å². The van der Waals surface area contributed by atoms with E-state index < -0.39 is 11.2 Å². The van der Waals surface area contributed by atoms with Gasteiger partial charge in [0.15, 0.2) is 0 Å². The van der Waals surface area contributed by atoms with Crippen LogP contribution < -0.4 is 10.6 Å². The number of benzene rings is 4. The van der Waals surface area contributed by atoms with E-state index in [2.05, 4.69) is 10.6 Å². The second-order valence-corrected chi connectivity index (χ2v) is 10.2. The molecule has 4 aromatic carbocycles. The summed E-state index contributed by atoms with van der Waals surface area (Å²) in [6.07, 6.45) is 0.229.